The van der Waals surface area contributed by atoms with Crippen LogP contribution in [0.4, 0.5) is 11.4 Å². The van der Waals surface area contributed by atoms with E-state index in [9.17, 15) is 14.9 Å². The summed E-state index contributed by atoms with van der Waals surface area (Å²) in [5, 5.41) is 21.6. The third-order valence-electron chi connectivity index (χ3n) is 3.48. The Morgan fingerprint density at radius 3 is 2.78 bits per heavy atom. The molecule has 3 aromatic rings. The average Bonchev–Trinajstić information content (AvgIpc) is 3.10. The van der Waals surface area contributed by atoms with Crippen molar-refractivity contribution in [1.82, 2.24) is 10.2 Å². The van der Waals surface area contributed by atoms with E-state index >= 15 is 0 Å². The molecule has 0 aliphatic heterocycles. The Bertz CT molecular complexity index is 994. The number of hydrogen-bond donors (Lipinski definition) is 1. The number of rotatable bonds is 6. The number of benzene rings is 2. The van der Waals surface area contributed by atoms with Crippen molar-refractivity contribution >= 4 is 40.6 Å². The van der Waals surface area contributed by atoms with Crippen molar-refractivity contribution in [1.29, 1.82) is 0 Å². The molecule has 1 atom stereocenters. The number of amides is 1. The molecule has 0 fully saturated rings. The molecule has 8 nitrogen and oxygen atoms in total. The van der Waals surface area contributed by atoms with E-state index in [2.05, 4.69) is 15.5 Å². The van der Waals surface area contributed by atoms with Gasteiger partial charge in [-0.2, -0.15) is 0 Å². The van der Waals surface area contributed by atoms with Gasteiger partial charge in [0.1, 0.15) is 5.69 Å². The van der Waals surface area contributed by atoms with Gasteiger partial charge >= 0.3 is 0 Å². The lowest BCUT2D eigenvalue weighted by molar-refractivity contribution is -0.383. The first kappa shape index (κ1) is 18.9. The van der Waals surface area contributed by atoms with Crippen LogP contribution in [0.25, 0.3) is 11.5 Å². The number of halogens is 1. The van der Waals surface area contributed by atoms with Gasteiger partial charge in [0.15, 0.2) is 0 Å². The van der Waals surface area contributed by atoms with E-state index in [-0.39, 0.29) is 22.5 Å². The molecule has 1 amide bonds. The Kier molecular flexibility index (Phi) is 5.72. The van der Waals surface area contributed by atoms with Gasteiger partial charge in [0.25, 0.3) is 10.9 Å². The van der Waals surface area contributed by atoms with Gasteiger partial charge in [0, 0.05) is 16.7 Å². The second-order valence-corrected chi connectivity index (χ2v) is 7.14. The van der Waals surface area contributed by atoms with Gasteiger partial charge in [-0.05, 0) is 31.2 Å². The summed E-state index contributed by atoms with van der Waals surface area (Å²) >= 11 is 6.99. The molecule has 0 unspecified atom stereocenters. The molecule has 0 bridgehead atoms. The van der Waals surface area contributed by atoms with Crippen molar-refractivity contribution < 1.29 is 14.1 Å². The summed E-state index contributed by atoms with van der Waals surface area (Å²) in [6.45, 7) is 1.64. The number of carbonyl (C=O) groups excluding carboxylic acids is 1. The number of nitro groups is 1. The number of hydrogen-bond acceptors (Lipinski definition) is 7. The maximum atomic E-state index is 12.4. The fourth-order valence-electron chi connectivity index (χ4n) is 2.17. The largest absolute Gasteiger partial charge is 0.411 e. The van der Waals surface area contributed by atoms with Crippen molar-refractivity contribution in [3.63, 3.8) is 0 Å². The molecular formula is C17H13ClN4O4S. The van der Waals surface area contributed by atoms with E-state index in [1.165, 1.54) is 18.2 Å². The van der Waals surface area contributed by atoms with Crippen LogP contribution in [0.2, 0.25) is 5.02 Å². The lowest BCUT2D eigenvalue weighted by Crippen LogP contribution is -2.22. The highest BCUT2D eigenvalue weighted by Gasteiger charge is 2.22. The normalized spacial score (nSPS) is 11.8. The fourth-order valence-corrected chi connectivity index (χ4v) is 3.05. The molecule has 3 rings (SSSR count). The number of carbonyl (C=O) groups is 1. The second kappa shape index (κ2) is 8.19. The highest BCUT2D eigenvalue weighted by atomic mass is 35.5. The predicted octanol–water partition coefficient (Wildman–Crippen LogP) is 4.42. The minimum absolute atomic E-state index is 0.130. The molecule has 0 saturated heterocycles. The highest BCUT2D eigenvalue weighted by molar-refractivity contribution is 8.00. The van der Waals surface area contributed by atoms with Crippen molar-refractivity contribution in [2.24, 2.45) is 0 Å². The van der Waals surface area contributed by atoms with E-state index in [0.717, 1.165) is 11.8 Å². The van der Waals surface area contributed by atoms with Crippen LogP contribution in [0.1, 0.15) is 6.92 Å². The molecule has 1 N–H and O–H groups in total. The predicted molar refractivity (Wildman–Crippen MR) is 102 cm³/mol. The average molecular weight is 405 g/mol. The summed E-state index contributed by atoms with van der Waals surface area (Å²) in [5.74, 6) is -0.136. The van der Waals surface area contributed by atoms with E-state index < -0.39 is 16.1 Å². The number of nitro benzene ring substituents is 1. The SMILES string of the molecule is C[C@H](Sc1nnc(-c2cccc(Cl)c2)o1)C(=O)Nc1ccccc1[N+](=O)[O-]. The quantitative estimate of drug-likeness (QED) is 0.367. The van der Waals surface area contributed by atoms with Crippen LogP contribution in [0, 0.1) is 10.1 Å². The minimum atomic E-state index is -0.613. The molecular weight excluding hydrogens is 392 g/mol. The zero-order valence-corrected chi connectivity index (χ0v) is 15.5. The number of thioether (sulfide) groups is 1. The summed E-state index contributed by atoms with van der Waals surface area (Å²) in [5.41, 5.74) is 0.619. The van der Waals surface area contributed by atoms with Crippen molar-refractivity contribution in [2.45, 2.75) is 17.4 Å². The standard InChI is InChI=1S/C17H13ClN4O4S/c1-10(15(23)19-13-7-2-3-8-14(13)22(24)25)27-17-21-20-16(26-17)11-5-4-6-12(18)9-11/h2-10H,1H3,(H,19,23)/t10-/m0/s1. The monoisotopic (exact) mass is 404 g/mol. The molecule has 0 radical (unpaired) electrons. The zero-order valence-electron chi connectivity index (χ0n) is 14.0. The van der Waals surface area contributed by atoms with Crippen LogP contribution in [0.15, 0.2) is 58.2 Å². The van der Waals surface area contributed by atoms with Gasteiger partial charge in [-0.3, -0.25) is 14.9 Å². The molecule has 2 aromatic carbocycles. The van der Waals surface area contributed by atoms with Crippen molar-refractivity contribution in [3.05, 3.63) is 63.7 Å². The van der Waals surface area contributed by atoms with Gasteiger partial charge in [0.2, 0.25) is 11.8 Å². The van der Waals surface area contributed by atoms with Crippen LogP contribution < -0.4 is 5.32 Å². The first-order valence-corrected chi connectivity index (χ1v) is 9.00. The Labute approximate surface area is 163 Å². The number of para-hydroxylation sites is 2. The molecule has 0 aliphatic carbocycles. The summed E-state index contributed by atoms with van der Waals surface area (Å²) in [6, 6.07) is 12.9. The fraction of sp³-hybridized carbons (Fsp3) is 0.118. The Morgan fingerprint density at radius 2 is 2.04 bits per heavy atom. The molecule has 1 heterocycles. The molecule has 0 spiro atoms. The first-order chi connectivity index (χ1) is 12.9. The second-order valence-electron chi connectivity index (χ2n) is 5.41. The third-order valence-corrected chi connectivity index (χ3v) is 4.65. The maximum absolute atomic E-state index is 12.4. The van der Waals surface area contributed by atoms with Crippen molar-refractivity contribution in [2.75, 3.05) is 5.32 Å². The number of aromatic nitrogens is 2. The molecule has 0 saturated carbocycles. The Morgan fingerprint density at radius 1 is 1.26 bits per heavy atom. The molecule has 1 aromatic heterocycles. The van der Waals surface area contributed by atoms with Crippen LogP contribution in [0.5, 0.6) is 0 Å². The van der Waals surface area contributed by atoms with Gasteiger partial charge in [-0.15, -0.1) is 10.2 Å². The minimum Gasteiger partial charge on any atom is -0.411 e. The van der Waals surface area contributed by atoms with Crippen molar-refractivity contribution in [3.8, 4) is 11.5 Å². The maximum Gasteiger partial charge on any atom is 0.292 e. The molecule has 138 valence electrons. The number of nitrogens with zero attached hydrogens (tertiary/aromatic N) is 3. The smallest absolute Gasteiger partial charge is 0.292 e. The van der Waals surface area contributed by atoms with E-state index in [0.29, 0.717) is 10.6 Å². The molecule has 27 heavy (non-hydrogen) atoms. The third kappa shape index (κ3) is 4.63. The van der Waals surface area contributed by atoms with Gasteiger partial charge in [-0.25, -0.2) is 0 Å². The Balaban J connectivity index is 1.68. The zero-order chi connectivity index (χ0) is 19.4. The van der Waals surface area contributed by atoms with E-state index in [1.807, 2.05) is 0 Å². The summed E-state index contributed by atoms with van der Waals surface area (Å²) < 4.78 is 5.55. The summed E-state index contributed by atoms with van der Waals surface area (Å²) in [6.07, 6.45) is 0. The lowest BCUT2D eigenvalue weighted by atomic mass is 10.2. The lowest BCUT2D eigenvalue weighted by Gasteiger charge is -2.10. The van der Waals surface area contributed by atoms with Crippen LogP contribution >= 0.6 is 23.4 Å². The van der Waals surface area contributed by atoms with Gasteiger partial charge in [-0.1, -0.05) is 41.6 Å². The first-order valence-electron chi connectivity index (χ1n) is 7.74. The van der Waals surface area contributed by atoms with Gasteiger partial charge < -0.3 is 9.73 Å². The molecule has 0 aliphatic rings. The van der Waals surface area contributed by atoms with Crippen LogP contribution in [-0.2, 0) is 4.79 Å². The summed E-state index contributed by atoms with van der Waals surface area (Å²) in [7, 11) is 0. The van der Waals surface area contributed by atoms with Crippen LogP contribution in [-0.4, -0.2) is 26.3 Å². The summed E-state index contributed by atoms with van der Waals surface area (Å²) in [4.78, 5) is 22.8. The number of nitrogens with one attached hydrogen (secondary N) is 1. The van der Waals surface area contributed by atoms with E-state index in [4.69, 9.17) is 16.0 Å². The Hall–Kier alpha value is -2.91. The number of anilines is 1. The van der Waals surface area contributed by atoms with Gasteiger partial charge in [0.05, 0.1) is 10.2 Å². The van der Waals surface area contributed by atoms with E-state index in [1.54, 1.807) is 37.3 Å². The molecule has 10 heteroatoms. The topological polar surface area (TPSA) is 111 Å². The van der Waals surface area contributed by atoms with Crippen LogP contribution in [0.3, 0.4) is 0 Å². The highest BCUT2D eigenvalue weighted by Crippen LogP contribution is 2.29.